The van der Waals surface area contributed by atoms with E-state index in [0.717, 1.165) is 23.4 Å². The summed E-state index contributed by atoms with van der Waals surface area (Å²) >= 11 is 0. The van der Waals surface area contributed by atoms with Crippen LogP contribution in [-0.2, 0) is 6.18 Å². The number of aryl methyl sites for hydroxylation is 1. The highest BCUT2D eigenvalue weighted by molar-refractivity contribution is 5.64. The molecule has 2 rings (SSSR count). The fourth-order valence-corrected chi connectivity index (χ4v) is 1.60. The van der Waals surface area contributed by atoms with E-state index in [1.54, 1.807) is 31.3 Å². The highest BCUT2D eigenvalue weighted by atomic mass is 19.4. The first-order valence-electron chi connectivity index (χ1n) is 5.07. The average molecular weight is 237 g/mol. The van der Waals surface area contributed by atoms with Crippen molar-refractivity contribution in [1.29, 1.82) is 0 Å². The Balaban J connectivity index is 2.47. The molecule has 0 saturated carbocycles. The summed E-state index contributed by atoms with van der Waals surface area (Å²) in [6.07, 6.45) is -2.72. The summed E-state index contributed by atoms with van der Waals surface area (Å²) in [7, 11) is 0. The molecule has 0 aliphatic carbocycles. The van der Waals surface area contributed by atoms with Gasteiger partial charge in [-0.15, -0.1) is 0 Å². The number of pyridine rings is 1. The third kappa shape index (κ3) is 2.64. The molecule has 0 amide bonds. The summed E-state index contributed by atoms with van der Waals surface area (Å²) in [5.41, 5.74) is 1.43. The van der Waals surface area contributed by atoms with Crippen LogP contribution in [-0.4, -0.2) is 4.98 Å². The summed E-state index contributed by atoms with van der Waals surface area (Å²) in [6.45, 7) is 1.80. The molecule has 0 aliphatic rings. The van der Waals surface area contributed by atoms with Crippen molar-refractivity contribution in [1.82, 2.24) is 4.98 Å². The van der Waals surface area contributed by atoms with Crippen LogP contribution in [0.25, 0.3) is 11.1 Å². The van der Waals surface area contributed by atoms with Crippen LogP contribution in [0.3, 0.4) is 0 Å². The number of aromatic nitrogens is 1. The van der Waals surface area contributed by atoms with Crippen molar-refractivity contribution < 1.29 is 13.2 Å². The fourth-order valence-electron chi connectivity index (χ4n) is 1.60. The van der Waals surface area contributed by atoms with Gasteiger partial charge in [0.25, 0.3) is 0 Å². The highest BCUT2D eigenvalue weighted by Crippen LogP contribution is 2.32. The van der Waals surface area contributed by atoms with Crippen LogP contribution in [0.15, 0.2) is 42.6 Å². The van der Waals surface area contributed by atoms with Gasteiger partial charge in [0.15, 0.2) is 0 Å². The third-order valence-corrected chi connectivity index (χ3v) is 2.42. The van der Waals surface area contributed by atoms with E-state index in [-0.39, 0.29) is 0 Å². The van der Waals surface area contributed by atoms with E-state index in [9.17, 15) is 13.2 Å². The van der Waals surface area contributed by atoms with Gasteiger partial charge in [-0.25, -0.2) is 0 Å². The monoisotopic (exact) mass is 237 g/mol. The van der Waals surface area contributed by atoms with E-state index in [1.807, 2.05) is 0 Å². The SMILES string of the molecule is Cc1cc(-c2cccc(C(F)(F)F)c2)ccn1. The van der Waals surface area contributed by atoms with Crippen LogP contribution in [0, 0.1) is 6.92 Å². The second-order valence-electron chi connectivity index (χ2n) is 3.76. The minimum absolute atomic E-state index is 0.547. The van der Waals surface area contributed by atoms with Gasteiger partial charge in [0.2, 0.25) is 0 Å². The van der Waals surface area contributed by atoms with Crippen LogP contribution in [0.1, 0.15) is 11.3 Å². The summed E-state index contributed by atoms with van der Waals surface area (Å²) in [5.74, 6) is 0. The molecule has 17 heavy (non-hydrogen) atoms. The first-order valence-corrected chi connectivity index (χ1v) is 5.07. The minimum atomic E-state index is -4.31. The summed E-state index contributed by atoms with van der Waals surface area (Å²) in [6, 6.07) is 8.74. The lowest BCUT2D eigenvalue weighted by Gasteiger charge is -2.09. The molecular weight excluding hydrogens is 227 g/mol. The Morgan fingerprint density at radius 3 is 2.35 bits per heavy atom. The van der Waals surface area contributed by atoms with Gasteiger partial charge in [-0.05, 0) is 42.3 Å². The zero-order valence-corrected chi connectivity index (χ0v) is 9.12. The molecular formula is C13H10F3N. The van der Waals surface area contributed by atoms with Gasteiger partial charge < -0.3 is 0 Å². The molecule has 0 aliphatic heterocycles. The summed E-state index contributed by atoms with van der Waals surface area (Å²) in [4.78, 5) is 4.01. The quantitative estimate of drug-likeness (QED) is 0.728. The number of hydrogen-bond acceptors (Lipinski definition) is 1. The Morgan fingerprint density at radius 1 is 1.00 bits per heavy atom. The molecule has 0 bridgehead atoms. The second-order valence-corrected chi connectivity index (χ2v) is 3.76. The van der Waals surface area contributed by atoms with Crippen LogP contribution >= 0.6 is 0 Å². The first kappa shape index (κ1) is 11.6. The molecule has 0 spiro atoms. The molecule has 0 atom stereocenters. The number of halogens is 3. The Hall–Kier alpha value is -1.84. The van der Waals surface area contributed by atoms with Crippen molar-refractivity contribution in [2.75, 3.05) is 0 Å². The number of benzene rings is 1. The number of alkyl halides is 3. The Morgan fingerprint density at radius 2 is 1.71 bits per heavy atom. The van der Waals surface area contributed by atoms with Gasteiger partial charge in [-0.3, -0.25) is 4.98 Å². The molecule has 1 heterocycles. The molecule has 88 valence electrons. The first-order chi connectivity index (χ1) is 7.97. The maximum atomic E-state index is 12.6. The van der Waals surface area contributed by atoms with Gasteiger partial charge in [-0.1, -0.05) is 12.1 Å². The van der Waals surface area contributed by atoms with Crippen molar-refractivity contribution in [3.05, 3.63) is 53.9 Å². The molecule has 1 aromatic carbocycles. The van der Waals surface area contributed by atoms with E-state index in [1.165, 1.54) is 6.07 Å². The third-order valence-electron chi connectivity index (χ3n) is 2.42. The maximum Gasteiger partial charge on any atom is 0.416 e. The molecule has 4 heteroatoms. The van der Waals surface area contributed by atoms with Crippen molar-refractivity contribution in [2.45, 2.75) is 13.1 Å². The van der Waals surface area contributed by atoms with E-state index >= 15 is 0 Å². The average Bonchev–Trinajstić information content (AvgIpc) is 2.28. The van der Waals surface area contributed by atoms with Crippen LogP contribution in [0.2, 0.25) is 0 Å². The van der Waals surface area contributed by atoms with Gasteiger partial charge in [0.05, 0.1) is 5.56 Å². The molecule has 1 nitrogen and oxygen atoms in total. The van der Waals surface area contributed by atoms with E-state index in [4.69, 9.17) is 0 Å². The Labute approximate surface area is 96.9 Å². The van der Waals surface area contributed by atoms with Crippen molar-refractivity contribution >= 4 is 0 Å². The standard InChI is InChI=1S/C13H10F3N/c1-9-7-11(5-6-17-9)10-3-2-4-12(8-10)13(14,15)16/h2-8H,1H3. The molecule has 0 N–H and O–H groups in total. The summed E-state index contributed by atoms with van der Waals surface area (Å²) < 4.78 is 37.7. The van der Waals surface area contributed by atoms with Gasteiger partial charge in [0.1, 0.15) is 0 Å². The zero-order valence-electron chi connectivity index (χ0n) is 9.12. The lowest BCUT2D eigenvalue weighted by atomic mass is 10.0. The van der Waals surface area contributed by atoms with Gasteiger partial charge >= 0.3 is 6.18 Å². The predicted octanol–water partition coefficient (Wildman–Crippen LogP) is 4.08. The van der Waals surface area contributed by atoms with E-state index in [0.29, 0.717) is 5.56 Å². The van der Waals surface area contributed by atoms with Crippen LogP contribution in [0.5, 0.6) is 0 Å². The number of rotatable bonds is 1. The van der Waals surface area contributed by atoms with E-state index < -0.39 is 11.7 Å². The highest BCUT2D eigenvalue weighted by Gasteiger charge is 2.30. The Kier molecular flexibility index (Phi) is 2.88. The largest absolute Gasteiger partial charge is 0.416 e. The smallest absolute Gasteiger partial charge is 0.262 e. The second kappa shape index (κ2) is 4.20. The van der Waals surface area contributed by atoms with Gasteiger partial charge in [0, 0.05) is 11.9 Å². The van der Waals surface area contributed by atoms with Gasteiger partial charge in [-0.2, -0.15) is 13.2 Å². The van der Waals surface area contributed by atoms with Crippen LogP contribution in [0.4, 0.5) is 13.2 Å². The lowest BCUT2D eigenvalue weighted by molar-refractivity contribution is -0.137. The Bertz CT molecular complexity index is 532. The van der Waals surface area contributed by atoms with Crippen molar-refractivity contribution in [3.63, 3.8) is 0 Å². The normalized spacial score (nSPS) is 11.5. The number of hydrogen-bond donors (Lipinski definition) is 0. The zero-order chi connectivity index (χ0) is 12.5. The summed E-state index contributed by atoms with van der Waals surface area (Å²) in [5, 5.41) is 0. The minimum Gasteiger partial charge on any atom is -0.262 e. The predicted molar refractivity (Wildman–Crippen MR) is 59.4 cm³/mol. The fraction of sp³-hybridized carbons (Fsp3) is 0.154. The maximum absolute atomic E-state index is 12.6. The van der Waals surface area contributed by atoms with E-state index in [2.05, 4.69) is 4.98 Å². The number of nitrogens with zero attached hydrogens (tertiary/aromatic N) is 1. The lowest BCUT2D eigenvalue weighted by Crippen LogP contribution is -2.04. The molecule has 0 saturated heterocycles. The van der Waals surface area contributed by atoms with Crippen molar-refractivity contribution in [2.24, 2.45) is 0 Å². The molecule has 0 unspecified atom stereocenters. The molecule has 0 radical (unpaired) electrons. The van der Waals surface area contributed by atoms with Crippen molar-refractivity contribution in [3.8, 4) is 11.1 Å². The topological polar surface area (TPSA) is 12.9 Å². The van der Waals surface area contributed by atoms with Crippen LogP contribution < -0.4 is 0 Å². The molecule has 1 aromatic heterocycles. The molecule has 2 aromatic rings. The molecule has 0 fully saturated rings.